The molecule has 0 atom stereocenters. The van der Waals surface area contributed by atoms with Crippen LogP contribution in [0.2, 0.25) is 10.0 Å². The molecule has 0 spiro atoms. The number of hydrogen-bond acceptors (Lipinski definition) is 1. The minimum atomic E-state index is -0.129. The van der Waals surface area contributed by atoms with Crippen molar-refractivity contribution in [1.29, 1.82) is 0 Å². The molecule has 0 bridgehead atoms. The topological polar surface area (TPSA) is 20.3 Å². The second-order valence-corrected chi connectivity index (χ2v) is 5.75. The molecule has 3 aromatic rings. The zero-order chi connectivity index (χ0) is 16.2. The van der Waals surface area contributed by atoms with Gasteiger partial charge in [0.1, 0.15) is 0 Å². The zero-order valence-corrected chi connectivity index (χ0v) is 13.6. The van der Waals surface area contributed by atoms with Crippen molar-refractivity contribution in [2.75, 3.05) is 4.90 Å². The molecular weight excluding hydrogens is 329 g/mol. The molecule has 0 unspecified atom stereocenters. The Hall–Kier alpha value is -2.29. The second-order valence-electron chi connectivity index (χ2n) is 4.94. The van der Waals surface area contributed by atoms with E-state index in [1.807, 2.05) is 48.5 Å². The van der Waals surface area contributed by atoms with Crippen LogP contribution in [-0.4, -0.2) is 5.91 Å². The number of amides is 1. The lowest BCUT2D eigenvalue weighted by Gasteiger charge is -2.23. The molecular formula is C19H13Cl2NO. The molecule has 2 nitrogen and oxygen atoms in total. The van der Waals surface area contributed by atoms with Crippen LogP contribution in [0.25, 0.3) is 0 Å². The maximum Gasteiger partial charge on any atom is 0.262 e. The van der Waals surface area contributed by atoms with Gasteiger partial charge in [0.25, 0.3) is 5.91 Å². The predicted molar refractivity (Wildman–Crippen MR) is 95.8 cm³/mol. The van der Waals surface area contributed by atoms with Gasteiger partial charge in [0, 0.05) is 11.3 Å². The van der Waals surface area contributed by atoms with Gasteiger partial charge < -0.3 is 0 Å². The van der Waals surface area contributed by atoms with Gasteiger partial charge in [0.15, 0.2) is 0 Å². The molecule has 0 heterocycles. The Morgan fingerprint density at radius 3 is 1.91 bits per heavy atom. The van der Waals surface area contributed by atoms with Crippen molar-refractivity contribution in [1.82, 2.24) is 0 Å². The highest BCUT2D eigenvalue weighted by molar-refractivity contribution is 6.42. The highest BCUT2D eigenvalue weighted by Gasteiger charge is 2.20. The van der Waals surface area contributed by atoms with E-state index in [4.69, 9.17) is 23.2 Å². The second kappa shape index (κ2) is 6.86. The van der Waals surface area contributed by atoms with Crippen LogP contribution in [0.5, 0.6) is 0 Å². The van der Waals surface area contributed by atoms with E-state index in [0.717, 1.165) is 5.69 Å². The summed E-state index contributed by atoms with van der Waals surface area (Å²) < 4.78 is 0. The summed E-state index contributed by atoms with van der Waals surface area (Å²) in [5.74, 6) is -0.129. The first-order valence-corrected chi connectivity index (χ1v) is 7.82. The van der Waals surface area contributed by atoms with Gasteiger partial charge in [-0.1, -0.05) is 59.6 Å². The van der Waals surface area contributed by atoms with E-state index in [0.29, 0.717) is 21.3 Å². The van der Waals surface area contributed by atoms with Crippen molar-refractivity contribution in [2.45, 2.75) is 0 Å². The summed E-state index contributed by atoms with van der Waals surface area (Å²) in [6, 6.07) is 23.7. The number of halogens is 2. The molecule has 3 aromatic carbocycles. The third kappa shape index (κ3) is 3.39. The Labute approximate surface area is 144 Å². The van der Waals surface area contributed by atoms with Gasteiger partial charge >= 0.3 is 0 Å². The first-order chi connectivity index (χ1) is 11.2. The number of rotatable bonds is 3. The Morgan fingerprint density at radius 1 is 0.696 bits per heavy atom. The van der Waals surface area contributed by atoms with Crippen molar-refractivity contribution in [3.8, 4) is 0 Å². The van der Waals surface area contributed by atoms with Crippen LogP contribution in [0.3, 0.4) is 0 Å². The Morgan fingerprint density at radius 2 is 1.30 bits per heavy atom. The molecule has 0 aliphatic rings. The van der Waals surface area contributed by atoms with E-state index in [1.165, 1.54) is 0 Å². The van der Waals surface area contributed by atoms with Gasteiger partial charge in [0.2, 0.25) is 0 Å². The maximum atomic E-state index is 13.0. The number of hydrogen-bond donors (Lipinski definition) is 0. The third-order valence-electron chi connectivity index (χ3n) is 3.40. The molecule has 0 aliphatic carbocycles. The average molecular weight is 342 g/mol. The molecule has 0 aromatic heterocycles. The van der Waals surface area contributed by atoms with Crippen molar-refractivity contribution in [3.63, 3.8) is 0 Å². The van der Waals surface area contributed by atoms with Crippen LogP contribution in [0.4, 0.5) is 11.4 Å². The van der Waals surface area contributed by atoms with Gasteiger partial charge in [-0.05, 0) is 42.5 Å². The van der Waals surface area contributed by atoms with Crippen molar-refractivity contribution in [3.05, 3.63) is 94.5 Å². The van der Waals surface area contributed by atoms with Crippen LogP contribution in [0.1, 0.15) is 10.4 Å². The van der Waals surface area contributed by atoms with E-state index >= 15 is 0 Å². The first-order valence-electron chi connectivity index (χ1n) is 7.06. The van der Waals surface area contributed by atoms with Crippen molar-refractivity contribution < 1.29 is 4.79 Å². The number of para-hydroxylation sites is 1. The van der Waals surface area contributed by atoms with Crippen molar-refractivity contribution >= 4 is 40.5 Å². The van der Waals surface area contributed by atoms with Crippen LogP contribution in [0, 0.1) is 0 Å². The molecule has 4 heteroatoms. The van der Waals surface area contributed by atoms with Gasteiger partial charge in [-0.2, -0.15) is 0 Å². The molecule has 0 radical (unpaired) electrons. The summed E-state index contributed by atoms with van der Waals surface area (Å²) in [6.45, 7) is 0. The molecule has 23 heavy (non-hydrogen) atoms. The van der Waals surface area contributed by atoms with Crippen LogP contribution < -0.4 is 4.90 Å². The fraction of sp³-hybridized carbons (Fsp3) is 0. The average Bonchev–Trinajstić information content (AvgIpc) is 2.60. The monoisotopic (exact) mass is 341 g/mol. The van der Waals surface area contributed by atoms with E-state index < -0.39 is 0 Å². The Bertz CT molecular complexity index is 819. The third-order valence-corrected chi connectivity index (χ3v) is 4.14. The molecule has 0 aliphatic heterocycles. The van der Waals surface area contributed by atoms with E-state index in [-0.39, 0.29) is 5.91 Å². The summed E-state index contributed by atoms with van der Waals surface area (Å²) in [6.07, 6.45) is 0. The summed E-state index contributed by atoms with van der Waals surface area (Å²) in [7, 11) is 0. The summed E-state index contributed by atoms with van der Waals surface area (Å²) in [5, 5.41) is 0.863. The quantitative estimate of drug-likeness (QED) is 0.574. The highest BCUT2D eigenvalue weighted by Crippen LogP contribution is 2.32. The number of carbonyl (C=O) groups is 1. The van der Waals surface area contributed by atoms with Gasteiger partial charge in [-0.25, -0.2) is 0 Å². The van der Waals surface area contributed by atoms with Gasteiger partial charge in [0.05, 0.1) is 15.7 Å². The molecule has 0 fully saturated rings. The molecule has 3 rings (SSSR count). The molecule has 0 N–H and O–H groups in total. The minimum absolute atomic E-state index is 0.129. The number of carbonyl (C=O) groups excluding carboxylic acids is 1. The lowest BCUT2D eigenvalue weighted by Crippen LogP contribution is -2.25. The van der Waals surface area contributed by atoms with Crippen LogP contribution >= 0.6 is 23.2 Å². The van der Waals surface area contributed by atoms with Crippen LogP contribution in [-0.2, 0) is 0 Å². The smallest absolute Gasteiger partial charge is 0.262 e. The summed E-state index contributed by atoms with van der Waals surface area (Å²) in [4.78, 5) is 14.6. The molecule has 1 amide bonds. The van der Waals surface area contributed by atoms with Gasteiger partial charge in [-0.15, -0.1) is 0 Å². The maximum absolute atomic E-state index is 13.0. The fourth-order valence-electron chi connectivity index (χ4n) is 2.29. The van der Waals surface area contributed by atoms with E-state index in [9.17, 15) is 4.79 Å². The van der Waals surface area contributed by atoms with E-state index in [1.54, 1.807) is 35.2 Å². The summed E-state index contributed by atoms with van der Waals surface area (Å²) in [5.41, 5.74) is 2.03. The largest absolute Gasteiger partial charge is 0.277 e. The molecule has 0 saturated carbocycles. The Balaban J connectivity index is 2.11. The van der Waals surface area contributed by atoms with Crippen molar-refractivity contribution in [2.24, 2.45) is 0 Å². The first kappa shape index (κ1) is 15.6. The van der Waals surface area contributed by atoms with E-state index in [2.05, 4.69) is 0 Å². The minimum Gasteiger partial charge on any atom is -0.277 e. The fourth-order valence-corrected chi connectivity index (χ4v) is 2.59. The zero-order valence-electron chi connectivity index (χ0n) is 12.1. The molecule has 0 saturated heterocycles. The number of nitrogens with zero attached hydrogens (tertiary/aromatic N) is 1. The lowest BCUT2D eigenvalue weighted by atomic mass is 10.1. The molecule has 114 valence electrons. The number of benzene rings is 3. The normalized spacial score (nSPS) is 10.3. The highest BCUT2D eigenvalue weighted by atomic mass is 35.5. The van der Waals surface area contributed by atoms with Crippen LogP contribution in [0.15, 0.2) is 78.9 Å². The standard InChI is InChI=1S/C19H13Cl2NO/c20-17-12-11-16(13-18(17)21)22(15-9-5-2-6-10-15)19(23)14-7-3-1-4-8-14/h1-13H. The lowest BCUT2D eigenvalue weighted by molar-refractivity contribution is 0.0999. The van der Waals surface area contributed by atoms with Gasteiger partial charge in [-0.3, -0.25) is 9.69 Å². The SMILES string of the molecule is O=C(c1ccccc1)N(c1ccccc1)c1ccc(Cl)c(Cl)c1. The summed E-state index contributed by atoms with van der Waals surface area (Å²) >= 11 is 12.1. The predicted octanol–water partition coefficient (Wildman–Crippen LogP) is 5.97. The Kier molecular flexibility index (Phi) is 4.65. The number of anilines is 2.